The van der Waals surface area contributed by atoms with Crippen molar-refractivity contribution >= 4 is 5.91 Å². The normalized spacial score (nSPS) is 11.9. The number of nitrogens with zero attached hydrogens (tertiary/aromatic N) is 1. The lowest BCUT2D eigenvalue weighted by Crippen LogP contribution is -2.35. The Labute approximate surface area is 119 Å². The molecule has 1 aromatic carbocycles. The van der Waals surface area contributed by atoms with Crippen LogP contribution in [-0.4, -0.2) is 24.5 Å². The zero-order valence-electron chi connectivity index (χ0n) is 11.8. The van der Waals surface area contributed by atoms with Crippen LogP contribution in [0.15, 0.2) is 48.7 Å². The van der Waals surface area contributed by atoms with Crippen molar-refractivity contribution in [2.75, 3.05) is 13.6 Å². The van der Waals surface area contributed by atoms with Gasteiger partial charge in [-0.25, -0.2) is 0 Å². The molecule has 0 spiro atoms. The topological polar surface area (TPSA) is 54.0 Å². The smallest absolute Gasteiger partial charge is 0.234 e. The van der Waals surface area contributed by atoms with E-state index in [0.29, 0.717) is 0 Å². The fourth-order valence-electron chi connectivity index (χ4n) is 2.10. The summed E-state index contributed by atoms with van der Waals surface area (Å²) < 4.78 is 0. The summed E-state index contributed by atoms with van der Waals surface area (Å²) in [5, 5.41) is 5.87. The minimum Gasteiger partial charge on any atom is -0.342 e. The predicted octanol–water partition coefficient (Wildman–Crippen LogP) is 1.82. The van der Waals surface area contributed by atoms with E-state index in [0.717, 1.165) is 16.8 Å². The van der Waals surface area contributed by atoms with Crippen LogP contribution in [-0.2, 0) is 4.79 Å². The number of benzene rings is 1. The Morgan fingerprint density at radius 2 is 2.10 bits per heavy atom. The molecule has 1 heterocycles. The highest BCUT2D eigenvalue weighted by Crippen LogP contribution is 2.20. The largest absolute Gasteiger partial charge is 0.342 e. The van der Waals surface area contributed by atoms with Gasteiger partial charge in [0.1, 0.15) is 0 Å². The van der Waals surface area contributed by atoms with Crippen LogP contribution in [0.25, 0.3) is 0 Å². The second kappa shape index (κ2) is 6.82. The maximum Gasteiger partial charge on any atom is 0.234 e. The Hall–Kier alpha value is -2.20. The number of carbonyl (C=O) groups is 1. The Morgan fingerprint density at radius 3 is 2.75 bits per heavy atom. The lowest BCUT2D eigenvalue weighted by molar-refractivity contribution is -0.120. The van der Waals surface area contributed by atoms with E-state index in [9.17, 15) is 4.79 Å². The number of carbonyl (C=O) groups excluding carboxylic acids is 1. The number of aromatic nitrogens is 1. The summed E-state index contributed by atoms with van der Waals surface area (Å²) in [6.45, 7) is 2.32. The van der Waals surface area contributed by atoms with Crippen LogP contribution in [0.5, 0.6) is 0 Å². The highest BCUT2D eigenvalue weighted by molar-refractivity contribution is 5.78. The average molecular weight is 269 g/mol. The maximum atomic E-state index is 11.9. The zero-order chi connectivity index (χ0) is 14.4. The molecule has 1 amide bonds. The van der Waals surface area contributed by atoms with Gasteiger partial charge in [0, 0.05) is 6.20 Å². The molecule has 0 aliphatic rings. The van der Waals surface area contributed by atoms with Crippen molar-refractivity contribution in [3.8, 4) is 0 Å². The number of amides is 1. The van der Waals surface area contributed by atoms with Gasteiger partial charge in [0.05, 0.1) is 18.3 Å². The lowest BCUT2D eigenvalue weighted by atomic mass is 10.0. The van der Waals surface area contributed by atoms with Crippen LogP contribution >= 0.6 is 0 Å². The molecule has 0 aliphatic carbocycles. The van der Waals surface area contributed by atoms with Crippen molar-refractivity contribution in [1.29, 1.82) is 0 Å². The number of hydrogen-bond donors (Lipinski definition) is 2. The SMILES string of the molecule is CNCC(=O)NC(c1cccc(C)c1)c1ccccn1. The second-order valence-electron chi connectivity index (χ2n) is 4.70. The van der Waals surface area contributed by atoms with Gasteiger partial charge in [-0.1, -0.05) is 35.9 Å². The molecule has 0 fully saturated rings. The molecule has 1 atom stereocenters. The Morgan fingerprint density at radius 1 is 1.25 bits per heavy atom. The van der Waals surface area contributed by atoms with E-state index >= 15 is 0 Å². The van der Waals surface area contributed by atoms with Crippen molar-refractivity contribution in [1.82, 2.24) is 15.6 Å². The van der Waals surface area contributed by atoms with Gasteiger partial charge in [-0.15, -0.1) is 0 Å². The summed E-state index contributed by atoms with van der Waals surface area (Å²) in [6.07, 6.45) is 1.74. The second-order valence-corrected chi connectivity index (χ2v) is 4.70. The van der Waals surface area contributed by atoms with Crippen molar-refractivity contribution in [3.63, 3.8) is 0 Å². The van der Waals surface area contributed by atoms with Crippen molar-refractivity contribution in [2.45, 2.75) is 13.0 Å². The number of likely N-dealkylation sites (N-methyl/N-ethyl adjacent to an activating group) is 1. The Kier molecular flexibility index (Phi) is 4.85. The van der Waals surface area contributed by atoms with Gasteiger partial charge in [0.25, 0.3) is 0 Å². The number of aryl methyl sites for hydroxylation is 1. The van der Waals surface area contributed by atoms with Crippen LogP contribution < -0.4 is 10.6 Å². The predicted molar refractivity (Wildman–Crippen MR) is 79.3 cm³/mol. The minimum atomic E-state index is -0.225. The third-order valence-electron chi connectivity index (χ3n) is 3.00. The monoisotopic (exact) mass is 269 g/mol. The molecule has 1 aromatic heterocycles. The van der Waals surface area contributed by atoms with Crippen LogP contribution in [0.3, 0.4) is 0 Å². The van der Waals surface area contributed by atoms with Gasteiger partial charge in [0.2, 0.25) is 5.91 Å². The van der Waals surface area contributed by atoms with Gasteiger partial charge >= 0.3 is 0 Å². The van der Waals surface area contributed by atoms with Crippen molar-refractivity contribution in [3.05, 3.63) is 65.5 Å². The first-order valence-electron chi connectivity index (χ1n) is 6.62. The van der Waals surface area contributed by atoms with Crippen molar-refractivity contribution < 1.29 is 4.79 Å². The molecular formula is C16H19N3O. The quantitative estimate of drug-likeness (QED) is 0.870. The summed E-state index contributed by atoms with van der Waals surface area (Å²) >= 11 is 0. The summed E-state index contributed by atoms with van der Waals surface area (Å²) in [4.78, 5) is 16.2. The van der Waals surface area contributed by atoms with Gasteiger partial charge in [-0.2, -0.15) is 0 Å². The molecule has 20 heavy (non-hydrogen) atoms. The molecular weight excluding hydrogens is 250 g/mol. The molecule has 0 saturated heterocycles. The third-order valence-corrected chi connectivity index (χ3v) is 3.00. The molecule has 0 aliphatic heterocycles. The summed E-state index contributed by atoms with van der Waals surface area (Å²) in [6, 6.07) is 13.6. The third kappa shape index (κ3) is 3.65. The van der Waals surface area contributed by atoms with Crippen LogP contribution in [0.2, 0.25) is 0 Å². The first-order valence-corrected chi connectivity index (χ1v) is 6.62. The van der Waals surface area contributed by atoms with E-state index in [1.54, 1.807) is 13.2 Å². The summed E-state index contributed by atoms with van der Waals surface area (Å²) in [5.74, 6) is -0.0512. The summed E-state index contributed by atoms with van der Waals surface area (Å²) in [7, 11) is 1.75. The lowest BCUT2D eigenvalue weighted by Gasteiger charge is -2.19. The first kappa shape index (κ1) is 14.2. The fraction of sp³-hybridized carbons (Fsp3) is 0.250. The highest BCUT2D eigenvalue weighted by Gasteiger charge is 2.17. The van der Waals surface area contributed by atoms with Crippen LogP contribution in [0.1, 0.15) is 22.9 Å². The molecule has 2 rings (SSSR count). The van der Waals surface area contributed by atoms with Crippen molar-refractivity contribution in [2.24, 2.45) is 0 Å². The zero-order valence-corrected chi connectivity index (χ0v) is 11.8. The average Bonchev–Trinajstić information content (AvgIpc) is 2.46. The molecule has 0 bridgehead atoms. The molecule has 1 unspecified atom stereocenters. The number of hydrogen-bond acceptors (Lipinski definition) is 3. The van der Waals surface area contributed by atoms with E-state index in [-0.39, 0.29) is 18.5 Å². The Balaban J connectivity index is 2.31. The molecule has 0 saturated carbocycles. The van der Waals surface area contributed by atoms with E-state index in [2.05, 4.69) is 21.7 Å². The molecule has 0 radical (unpaired) electrons. The van der Waals surface area contributed by atoms with Gasteiger partial charge in [-0.3, -0.25) is 9.78 Å². The number of pyridine rings is 1. The molecule has 4 nitrogen and oxygen atoms in total. The van der Waals surface area contributed by atoms with E-state index in [1.165, 1.54) is 0 Å². The summed E-state index contributed by atoms with van der Waals surface area (Å²) in [5.41, 5.74) is 3.03. The van der Waals surface area contributed by atoms with Crippen LogP contribution in [0, 0.1) is 6.92 Å². The van der Waals surface area contributed by atoms with Gasteiger partial charge in [0.15, 0.2) is 0 Å². The van der Waals surface area contributed by atoms with Gasteiger partial charge in [-0.05, 0) is 31.7 Å². The van der Waals surface area contributed by atoms with E-state index in [1.807, 2.05) is 43.3 Å². The number of rotatable bonds is 5. The molecule has 2 aromatic rings. The fourth-order valence-corrected chi connectivity index (χ4v) is 2.10. The van der Waals surface area contributed by atoms with E-state index < -0.39 is 0 Å². The molecule has 4 heteroatoms. The molecule has 2 N–H and O–H groups in total. The maximum absolute atomic E-state index is 11.9. The number of nitrogens with one attached hydrogen (secondary N) is 2. The minimum absolute atomic E-state index is 0.0512. The first-order chi connectivity index (χ1) is 9.70. The van der Waals surface area contributed by atoms with Crippen LogP contribution in [0.4, 0.5) is 0 Å². The molecule has 104 valence electrons. The van der Waals surface area contributed by atoms with Gasteiger partial charge < -0.3 is 10.6 Å². The highest BCUT2D eigenvalue weighted by atomic mass is 16.1. The van der Waals surface area contributed by atoms with E-state index in [4.69, 9.17) is 0 Å². The standard InChI is InChI=1S/C16H19N3O/c1-12-6-5-7-13(10-12)16(19-15(20)11-17-2)14-8-3-4-9-18-14/h3-10,16-17H,11H2,1-2H3,(H,19,20). The Bertz CT molecular complexity index is 569.